The van der Waals surface area contributed by atoms with Crippen molar-refractivity contribution in [1.82, 2.24) is 0 Å². The topological polar surface area (TPSA) is 55.4 Å². The summed E-state index contributed by atoms with van der Waals surface area (Å²) in [7, 11) is 0. The van der Waals surface area contributed by atoms with E-state index in [9.17, 15) is 14.0 Å². The van der Waals surface area contributed by atoms with E-state index in [1.165, 1.54) is 25.1 Å². The number of carbonyl (C=O) groups is 2. The fourth-order valence-electron chi connectivity index (χ4n) is 2.51. The minimum absolute atomic E-state index is 0.0339. The lowest BCUT2D eigenvalue weighted by molar-refractivity contribution is -0.134. The molecule has 0 bridgehead atoms. The molecule has 0 aliphatic carbocycles. The van der Waals surface area contributed by atoms with Crippen LogP contribution in [0.1, 0.15) is 22.8 Å². The summed E-state index contributed by atoms with van der Waals surface area (Å²) in [6, 6.07) is 10.6. The monoisotopic (exact) mass is 333 g/mol. The molecular weight excluding hydrogens is 321 g/mol. The fraction of sp³-hybridized carbons (Fsp3) is 0.176. The van der Waals surface area contributed by atoms with Crippen LogP contribution in [0.2, 0.25) is 5.02 Å². The third-order valence-corrected chi connectivity index (χ3v) is 3.97. The molecule has 1 amide bonds. The number of benzene rings is 2. The molecule has 2 aromatic rings. The highest BCUT2D eigenvalue weighted by Gasteiger charge is 2.43. The van der Waals surface area contributed by atoms with E-state index in [0.29, 0.717) is 16.1 Å². The zero-order valence-electron chi connectivity index (χ0n) is 12.2. The molecule has 2 aromatic carbocycles. The van der Waals surface area contributed by atoms with Crippen molar-refractivity contribution in [2.75, 3.05) is 5.32 Å². The average molecular weight is 334 g/mol. The summed E-state index contributed by atoms with van der Waals surface area (Å²) in [5.74, 6) is -1.76. The molecule has 1 heterocycles. The van der Waals surface area contributed by atoms with Gasteiger partial charge < -0.3 is 10.1 Å². The van der Waals surface area contributed by atoms with Crippen LogP contribution in [0, 0.1) is 5.82 Å². The Labute approximate surface area is 137 Å². The Morgan fingerprint density at radius 1 is 1.30 bits per heavy atom. The number of ether oxygens (including phenoxy) is 1. The molecule has 1 unspecified atom stereocenters. The van der Waals surface area contributed by atoms with E-state index in [0.717, 1.165) is 0 Å². The minimum Gasteiger partial charge on any atom is -0.445 e. The van der Waals surface area contributed by atoms with Gasteiger partial charge in [-0.1, -0.05) is 23.7 Å². The highest BCUT2D eigenvalue weighted by Crippen LogP contribution is 2.31. The van der Waals surface area contributed by atoms with Crippen LogP contribution in [0.25, 0.3) is 0 Å². The number of para-hydroxylation sites is 1. The maximum Gasteiger partial charge on any atom is 0.339 e. The van der Waals surface area contributed by atoms with Crippen molar-refractivity contribution in [1.29, 1.82) is 0 Å². The van der Waals surface area contributed by atoms with Gasteiger partial charge in [0, 0.05) is 11.4 Å². The van der Waals surface area contributed by atoms with Gasteiger partial charge in [-0.2, -0.15) is 0 Å². The number of esters is 1. The molecule has 0 spiro atoms. The number of rotatable bonds is 2. The quantitative estimate of drug-likeness (QED) is 0.854. The summed E-state index contributed by atoms with van der Waals surface area (Å²) >= 11 is 5.95. The van der Waals surface area contributed by atoms with E-state index in [-0.39, 0.29) is 12.1 Å². The molecular formula is C17H13ClFNO3. The van der Waals surface area contributed by atoms with Gasteiger partial charge >= 0.3 is 5.97 Å². The Kier molecular flexibility index (Phi) is 3.82. The summed E-state index contributed by atoms with van der Waals surface area (Å²) < 4.78 is 19.0. The van der Waals surface area contributed by atoms with Gasteiger partial charge in [0.25, 0.3) is 5.91 Å². The zero-order chi connectivity index (χ0) is 16.6. The van der Waals surface area contributed by atoms with Crippen molar-refractivity contribution in [3.8, 4) is 0 Å². The normalized spacial score (nSPS) is 19.7. The van der Waals surface area contributed by atoms with Crippen molar-refractivity contribution in [2.45, 2.75) is 18.9 Å². The number of nitrogens with one attached hydrogen (secondary N) is 1. The summed E-state index contributed by atoms with van der Waals surface area (Å²) in [5.41, 5.74) is -0.394. The summed E-state index contributed by atoms with van der Waals surface area (Å²) in [4.78, 5) is 24.6. The number of halogens is 2. The molecule has 118 valence electrons. The van der Waals surface area contributed by atoms with Crippen LogP contribution in [-0.2, 0) is 16.0 Å². The molecule has 23 heavy (non-hydrogen) atoms. The molecule has 0 fully saturated rings. The number of cyclic esters (lactones) is 1. The smallest absolute Gasteiger partial charge is 0.339 e. The molecule has 3 rings (SSSR count). The Bertz CT molecular complexity index is 808. The van der Waals surface area contributed by atoms with Gasteiger partial charge in [0.15, 0.2) is 5.60 Å². The average Bonchev–Trinajstić information content (AvgIpc) is 2.48. The van der Waals surface area contributed by atoms with Crippen LogP contribution in [0.3, 0.4) is 0 Å². The predicted molar refractivity (Wildman–Crippen MR) is 84.0 cm³/mol. The molecule has 1 atom stereocenters. The maximum absolute atomic E-state index is 13.7. The Morgan fingerprint density at radius 3 is 2.78 bits per heavy atom. The zero-order valence-corrected chi connectivity index (χ0v) is 13.0. The third kappa shape index (κ3) is 2.92. The van der Waals surface area contributed by atoms with E-state index in [4.69, 9.17) is 16.3 Å². The fourth-order valence-corrected chi connectivity index (χ4v) is 2.71. The van der Waals surface area contributed by atoms with Crippen LogP contribution in [0.15, 0.2) is 42.5 Å². The lowest BCUT2D eigenvalue weighted by atomic mass is 9.89. The van der Waals surface area contributed by atoms with Crippen LogP contribution in [-0.4, -0.2) is 17.5 Å². The summed E-state index contributed by atoms with van der Waals surface area (Å²) in [5, 5.41) is 2.93. The standard InChI is InChI=1S/C17H13ClFNO3/c1-17(16(22)20-14-5-3-2-4-13(14)19)9-10-8-11(18)6-7-12(10)15(21)23-17/h2-8H,9H2,1H3,(H,20,22). The summed E-state index contributed by atoms with van der Waals surface area (Å²) in [6.07, 6.45) is 0.162. The Morgan fingerprint density at radius 2 is 2.04 bits per heavy atom. The third-order valence-electron chi connectivity index (χ3n) is 3.74. The first-order valence-corrected chi connectivity index (χ1v) is 7.34. The molecule has 0 saturated heterocycles. The van der Waals surface area contributed by atoms with Crippen molar-refractivity contribution < 1.29 is 18.7 Å². The van der Waals surface area contributed by atoms with Gasteiger partial charge in [0.05, 0.1) is 11.3 Å². The van der Waals surface area contributed by atoms with Crippen LogP contribution in [0.5, 0.6) is 0 Å². The molecule has 0 aromatic heterocycles. The molecule has 1 N–H and O–H groups in total. The molecule has 0 saturated carbocycles. The first kappa shape index (κ1) is 15.5. The Hall–Kier alpha value is -2.40. The second kappa shape index (κ2) is 5.66. The number of anilines is 1. The second-order valence-electron chi connectivity index (χ2n) is 5.53. The number of amides is 1. The van der Waals surface area contributed by atoms with E-state index in [1.807, 2.05) is 0 Å². The maximum atomic E-state index is 13.7. The highest BCUT2D eigenvalue weighted by atomic mass is 35.5. The van der Waals surface area contributed by atoms with Crippen molar-refractivity contribution in [3.05, 3.63) is 64.4 Å². The molecule has 4 nitrogen and oxygen atoms in total. The van der Waals surface area contributed by atoms with Crippen LogP contribution in [0.4, 0.5) is 10.1 Å². The first-order valence-electron chi connectivity index (χ1n) is 6.97. The lowest BCUT2D eigenvalue weighted by Gasteiger charge is -2.33. The first-order chi connectivity index (χ1) is 10.9. The second-order valence-corrected chi connectivity index (χ2v) is 5.97. The summed E-state index contributed by atoms with van der Waals surface area (Å²) in [6.45, 7) is 1.49. The van der Waals surface area contributed by atoms with Gasteiger partial charge in [0.1, 0.15) is 5.82 Å². The highest BCUT2D eigenvalue weighted by molar-refractivity contribution is 6.30. The van der Waals surface area contributed by atoms with Gasteiger partial charge in [-0.25, -0.2) is 9.18 Å². The van der Waals surface area contributed by atoms with Gasteiger partial charge in [-0.15, -0.1) is 0 Å². The molecule has 0 radical (unpaired) electrons. The van der Waals surface area contributed by atoms with E-state index >= 15 is 0 Å². The van der Waals surface area contributed by atoms with Crippen molar-refractivity contribution in [2.24, 2.45) is 0 Å². The molecule has 6 heteroatoms. The predicted octanol–water partition coefficient (Wildman–Crippen LogP) is 3.59. The molecule has 1 aliphatic heterocycles. The van der Waals surface area contributed by atoms with E-state index in [1.54, 1.807) is 24.3 Å². The SMILES string of the molecule is CC1(C(=O)Nc2ccccc2F)Cc2cc(Cl)ccc2C(=O)O1. The largest absolute Gasteiger partial charge is 0.445 e. The van der Waals surface area contributed by atoms with Gasteiger partial charge in [0.2, 0.25) is 0 Å². The van der Waals surface area contributed by atoms with Crippen molar-refractivity contribution >= 4 is 29.2 Å². The minimum atomic E-state index is -1.43. The van der Waals surface area contributed by atoms with Crippen LogP contribution >= 0.6 is 11.6 Å². The van der Waals surface area contributed by atoms with Crippen molar-refractivity contribution in [3.63, 3.8) is 0 Å². The van der Waals surface area contributed by atoms with Crippen LogP contribution < -0.4 is 5.32 Å². The number of hydrogen-bond acceptors (Lipinski definition) is 3. The number of hydrogen-bond donors (Lipinski definition) is 1. The Balaban J connectivity index is 1.89. The lowest BCUT2D eigenvalue weighted by Crippen LogP contribution is -2.49. The number of carbonyl (C=O) groups excluding carboxylic acids is 2. The number of fused-ring (bicyclic) bond motifs is 1. The molecule has 1 aliphatic rings. The van der Waals surface area contributed by atoms with E-state index < -0.39 is 23.3 Å². The van der Waals surface area contributed by atoms with Gasteiger partial charge in [-0.05, 0) is 42.8 Å². The van der Waals surface area contributed by atoms with Gasteiger partial charge in [-0.3, -0.25) is 4.79 Å². The van der Waals surface area contributed by atoms with E-state index in [2.05, 4.69) is 5.32 Å².